The van der Waals surface area contributed by atoms with Crippen LogP contribution in [0.5, 0.6) is 0 Å². The second-order valence-corrected chi connectivity index (χ2v) is 6.14. The number of aldehydes is 1. The van der Waals surface area contributed by atoms with Crippen molar-refractivity contribution in [1.82, 2.24) is 4.90 Å². The molecule has 0 bridgehead atoms. The summed E-state index contributed by atoms with van der Waals surface area (Å²) < 4.78 is 18.9. The fraction of sp³-hybridized carbons (Fsp3) is 0.250. The van der Waals surface area contributed by atoms with E-state index in [2.05, 4.69) is 0 Å². The molecule has 0 unspecified atom stereocenters. The van der Waals surface area contributed by atoms with Gasteiger partial charge in [0, 0.05) is 31.7 Å². The number of carbonyl (C=O) groups excluding carboxylic acids is 3. The maximum absolute atomic E-state index is 13.8. The van der Waals surface area contributed by atoms with Crippen LogP contribution < -0.4 is 4.90 Å². The second kappa shape index (κ2) is 8.44. The molecule has 0 N–H and O–H groups in total. The third-order valence-corrected chi connectivity index (χ3v) is 4.43. The van der Waals surface area contributed by atoms with Gasteiger partial charge in [-0.3, -0.25) is 9.59 Å². The Bertz CT molecular complexity index is 830. The average molecular weight is 370 g/mol. The van der Waals surface area contributed by atoms with Crippen molar-refractivity contribution in [3.63, 3.8) is 0 Å². The molecule has 3 rings (SSSR count). The highest BCUT2D eigenvalue weighted by Gasteiger charge is 2.23. The van der Waals surface area contributed by atoms with E-state index in [1.165, 1.54) is 30.3 Å². The van der Waals surface area contributed by atoms with Crippen LogP contribution in [0.3, 0.4) is 0 Å². The fourth-order valence-electron chi connectivity index (χ4n) is 2.90. The summed E-state index contributed by atoms with van der Waals surface area (Å²) in [7, 11) is 0. The van der Waals surface area contributed by atoms with E-state index in [-0.39, 0.29) is 23.9 Å². The summed E-state index contributed by atoms with van der Waals surface area (Å²) in [6.07, 6.45) is 0.680. The molecular formula is C20H19FN2O4. The Kier molecular flexibility index (Phi) is 5.80. The molecule has 1 amide bonds. The molecule has 2 aromatic rings. The van der Waals surface area contributed by atoms with E-state index >= 15 is 0 Å². The minimum absolute atomic E-state index is 0.276. The summed E-state index contributed by atoms with van der Waals surface area (Å²) in [5, 5.41) is 0. The number of halogens is 1. The van der Waals surface area contributed by atoms with Crippen LogP contribution in [-0.4, -0.2) is 55.8 Å². The predicted octanol–water partition coefficient (Wildman–Crippen LogP) is 2.14. The van der Waals surface area contributed by atoms with E-state index in [4.69, 9.17) is 4.74 Å². The molecule has 1 heterocycles. The largest absolute Gasteiger partial charge is 0.452 e. The van der Waals surface area contributed by atoms with Gasteiger partial charge in [-0.15, -0.1) is 0 Å². The molecule has 0 aromatic heterocycles. The predicted molar refractivity (Wildman–Crippen MR) is 97.3 cm³/mol. The van der Waals surface area contributed by atoms with Crippen LogP contribution in [0.4, 0.5) is 10.1 Å². The summed E-state index contributed by atoms with van der Waals surface area (Å²) in [5.74, 6) is -1.20. The highest BCUT2D eigenvalue weighted by Crippen LogP contribution is 2.20. The number of amides is 1. The first-order valence-electron chi connectivity index (χ1n) is 8.58. The monoisotopic (exact) mass is 370 g/mol. The van der Waals surface area contributed by atoms with Gasteiger partial charge >= 0.3 is 5.97 Å². The number of rotatable bonds is 5. The van der Waals surface area contributed by atoms with Crippen molar-refractivity contribution in [2.24, 2.45) is 0 Å². The Morgan fingerprint density at radius 2 is 1.67 bits per heavy atom. The van der Waals surface area contributed by atoms with Gasteiger partial charge in [0.25, 0.3) is 5.91 Å². The van der Waals surface area contributed by atoms with Gasteiger partial charge in [0.2, 0.25) is 0 Å². The van der Waals surface area contributed by atoms with E-state index in [0.29, 0.717) is 43.7 Å². The molecule has 1 aliphatic heterocycles. The van der Waals surface area contributed by atoms with Gasteiger partial charge in [-0.25, -0.2) is 9.18 Å². The SMILES string of the molecule is O=Cc1ccc(C(=O)OCC(=O)N2CCN(c3ccccc3F)CC2)cc1. The van der Waals surface area contributed by atoms with E-state index in [0.717, 1.165) is 0 Å². The zero-order valence-corrected chi connectivity index (χ0v) is 14.6. The zero-order valence-electron chi connectivity index (χ0n) is 14.6. The molecule has 0 radical (unpaired) electrons. The quantitative estimate of drug-likeness (QED) is 0.596. The molecule has 0 spiro atoms. The number of hydrogen-bond donors (Lipinski definition) is 0. The van der Waals surface area contributed by atoms with E-state index in [9.17, 15) is 18.8 Å². The van der Waals surface area contributed by atoms with Crippen molar-refractivity contribution < 1.29 is 23.5 Å². The van der Waals surface area contributed by atoms with Crippen molar-refractivity contribution in [1.29, 1.82) is 0 Å². The molecule has 1 saturated heterocycles. The number of nitrogens with zero attached hydrogens (tertiary/aromatic N) is 2. The Hall–Kier alpha value is -3.22. The molecular weight excluding hydrogens is 351 g/mol. The fourth-order valence-corrected chi connectivity index (χ4v) is 2.90. The van der Waals surface area contributed by atoms with Crippen LogP contribution in [0.2, 0.25) is 0 Å². The highest BCUT2D eigenvalue weighted by molar-refractivity contribution is 5.92. The average Bonchev–Trinajstić information content (AvgIpc) is 2.72. The van der Waals surface area contributed by atoms with Crippen molar-refractivity contribution in [3.8, 4) is 0 Å². The second-order valence-electron chi connectivity index (χ2n) is 6.14. The number of ether oxygens (including phenoxy) is 1. The minimum Gasteiger partial charge on any atom is -0.452 e. The standard InChI is InChI=1S/C20H19FN2O4/c21-17-3-1-2-4-18(17)22-9-11-23(12-10-22)19(25)14-27-20(26)16-7-5-15(13-24)6-8-16/h1-8,13H,9-12,14H2. The van der Waals surface area contributed by atoms with Crippen LogP contribution in [-0.2, 0) is 9.53 Å². The van der Waals surface area contributed by atoms with Gasteiger partial charge in [0.15, 0.2) is 6.61 Å². The molecule has 2 aromatic carbocycles. The van der Waals surface area contributed by atoms with Crippen LogP contribution in [0, 0.1) is 5.82 Å². The smallest absolute Gasteiger partial charge is 0.338 e. The van der Waals surface area contributed by atoms with E-state index < -0.39 is 5.97 Å². The van der Waals surface area contributed by atoms with Crippen molar-refractivity contribution >= 4 is 23.9 Å². The molecule has 7 heteroatoms. The number of carbonyl (C=O) groups is 3. The van der Waals surface area contributed by atoms with Crippen LogP contribution in [0.1, 0.15) is 20.7 Å². The number of piperazine rings is 1. The lowest BCUT2D eigenvalue weighted by atomic mass is 10.1. The maximum atomic E-state index is 13.8. The van der Waals surface area contributed by atoms with Crippen LogP contribution in [0.25, 0.3) is 0 Å². The summed E-state index contributed by atoms with van der Waals surface area (Å²) in [6, 6.07) is 12.5. The number of esters is 1. The molecule has 27 heavy (non-hydrogen) atoms. The van der Waals surface area contributed by atoms with Gasteiger partial charge < -0.3 is 14.5 Å². The Balaban J connectivity index is 1.48. The number of benzene rings is 2. The zero-order chi connectivity index (χ0) is 19.2. The van der Waals surface area contributed by atoms with Gasteiger partial charge in [-0.2, -0.15) is 0 Å². The van der Waals surface area contributed by atoms with Crippen LogP contribution >= 0.6 is 0 Å². The molecule has 1 aliphatic rings. The lowest BCUT2D eigenvalue weighted by Crippen LogP contribution is -2.50. The number of anilines is 1. The van der Waals surface area contributed by atoms with Crippen LogP contribution in [0.15, 0.2) is 48.5 Å². The Morgan fingerprint density at radius 1 is 1.00 bits per heavy atom. The van der Waals surface area contributed by atoms with Gasteiger partial charge in [-0.05, 0) is 24.3 Å². The molecule has 140 valence electrons. The third-order valence-electron chi connectivity index (χ3n) is 4.43. The lowest BCUT2D eigenvalue weighted by Gasteiger charge is -2.36. The summed E-state index contributed by atoms with van der Waals surface area (Å²) >= 11 is 0. The lowest BCUT2D eigenvalue weighted by molar-refractivity contribution is -0.134. The minimum atomic E-state index is -0.620. The summed E-state index contributed by atoms with van der Waals surface area (Å²) in [4.78, 5) is 38.3. The molecule has 0 saturated carbocycles. The number of para-hydroxylation sites is 1. The first kappa shape index (κ1) is 18.6. The number of hydrogen-bond acceptors (Lipinski definition) is 5. The molecule has 1 fully saturated rings. The Labute approximate surface area is 156 Å². The Morgan fingerprint density at radius 3 is 2.30 bits per heavy atom. The van der Waals surface area contributed by atoms with Crippen molar-refractivity contribution in [2.45, 2.75) is 0 Å². The van der Waals surface area contributed by atoms with Crippen molar-refractivity contribution in [2.75, 3.05) is 37.7 Å². The first-order chi connectivity index (χ1) is 13.1. The third kappa shape index (κ3) is 4.49. The normalized spacial score (nSPS) is 14.0. The topological polar surface area (TPSA) is 66.9 Å². The maximum Gasteiger partial charge on any atom is 0.338 e. The van der Waals surface area contributed by atoms with Crippen molar-refractivity contribution in [3.05, 3.63) is 65.5 Å². The molecule has 6 nitrogen and oxygen atoms in total. The van der Waals surface area contributed by atoms with Gasteiger partial charge in [-0.1, -0.05) is 24.3 Å². The van der Waals surface area contributed by atoms with E-state index in [1.54, 1.807) is 23.1 Å². The van der Waals surface area contributed by atoms with Gasteiger partial charge in [0.05, 0.1) is 11.3 Å². The summed E-state index contributed by atoms with van der Waals surface area (Å²) in [6.45, 7) is 1.52. The van der Waals surface area contributed by atoms with E-state index in [1.807, 2.05) is 4.90 Å². The highest BCUT2D eigenvalue weighted by atomic mass is 19.1. The summed E-state index contributed by atoms with van der Waals surface area (Å²) in [5.41, 5.74) is 1.25. The molecule has 0 aliphatic carbocycles. The van der Waals surface area contributed by atoms with Gasteiger partial charge in [0.1, 0.15) is 12.1 Å². The first-order valence-corrected chi connectivity index (χ1v) is 8.58. The molecule has 0 atom stereocenters.